The lowest BCUT2D eigenvalue weighted by Crippen LogP contribution is -2.15. The first kappa shape index (κ1) is 8.41. The fourth-order valence-corrected chi connectivity index (χ4v) is 1.57. The Balaban J connectivity index is 2.31. The van der Waals surface area contributed by atoms with E-state index < -0.39 is 0 Å². The van der Waals surface area contributed by atoms with Gasteiger partial charge in [-0.2, -0.15) is 0 Å². The van der Waals surface area contributed by atoms with Crippen molar-refractivity contribution >= 4 is 5.82 Å². The van der Waals surface area contributed by atoms with Crippen molar-refractivity contribution in [2.75, 3.05) is 11.6 Å². The molecular weight excluding hydrogens is 164 g/mol. The number of hydrogen-bond acceptors (Lipinski definition) is 3. The van der Waals surface area contributed by atoms with E-state index in [0.29, 0.717) is 11.7 Å². The van der Waals surface area contributed by atoms with Gasteiger partial charge in [0.25, 0.3) is 0 Å². The average Bonchev–Trinajstić information content (AvgIpc) is 2.89. The molecule has 1 heterocycles. The summed E-state index contributed by atoms with van der Waals surface area (Å²) in [5.74, 6) is 7.94. The van der Waals surface area contributed by atoms with Gasteiger partial charge in [0.15, 0.2) is 0 Å². The second-order valence-corrected chi connectivity index (χ2v) is 3.69. The Hall–Kier alpha value is -1.19. The van der Waals surface area contributed by atoms with Gasteiger partial charge in [0.05, 0.1) is 5.69 Å². The molecule has 0 saturated heterocycles. The minimum absolute atomic E-state index is 0.584. The van der Waals surface area contributed by atoms with Crippen LogP contribution in [0.4, 0.5) is 5.82 Å². The number of hydrogen-bond donors (Lipinski definition) is 2. The molecule has 1 saturated carbocycles. The first-order valence-corrected chi connectivity index (χ1v) is 4.86. The Labute approximate surface area is 77.9 Å². The molecule has 1 aliphatic carbocycles. The van der Waals surface area contributed by atoms with E-state index in [4.69, 9.17) is 11.6 Å². The zero-order chi connectivity index (χ0) is 9.42. The summed E-state index contributed by atoms with van der Waals surface area (Å²) in [6.07, 6.45) is 4.39. The molecular formula is C9H16N4. The molecule has 0 bridgehead atoms. The van der Waals surface area contributed by atoms with Gasteiger partial charge >= 0.3 is 0 Å². The van der Waals surface area contributed by atoms with E-state index in [-0.39, 0.29) is 0 Å². The fraction of sp³-hybridized carbons (Fsp3) is 0.667. The van der Waals surface area contributed by atoms with Crippen molar-refractivity contribution in [1.29, 1.82) is 0 Å². The average molecular weight is 180 g/mol. The first-order chi connectivity index (χ1) is 6.24. The summed E-state index contributed by atoms with van der Waals surface area (Å²) < 4.78 is 1.54. The predicted molar refractivity (Wildman–Crippen MR) is 52.8 cm³/mol. The summed E-state index contributed by atoms with van der Waals surface area (Å²) in [7, 11) is 0. The minimum Gasteiger partial charge on any atom is -0.382 e. The summed E-state index contributed by atoms with van der Waals surface area (Å²) in [5, 5.41) is 0. The summed E-state index contributed by atoms with van der Waals surface area (Å²) >= 11 is 0. The lowest BCUT2D eigenvalue weighted by molar-refractivity contribution is 0.791. The standard InChI is InChI=1S/C9H16N4/c1-2-3-7-12-8(6-4-5-6)9(10)13(7)11/h6H,2-5,10-11H2,1H3. The van der Waals surface area contributed by atoms with Gasteiger partial charge in [-0.25, -0.2) is 9.66 Å². The molecule has 4 N–H and O–H groups in total. The van der Waals surface area contributed by atoms with Crippen LogP contribution in [-0.2, 0) is 6.42 Å². The molecule has 0 aliphatic heterocycles. The fourth-order valence-electron chi connectivity index (χ4n) is 1.57. The zero-order valence-corrected chi connectivity index (χ0v) is 7.95. The van der Waals surface area contributed by atoms with Crippen LogP contribution in [0.2, 0.25) is 0 Å². The summed E-state index contributed by atoms with van der Waals surface area (Å²) in [5.41, 5.74) is 6.87. The number of anilines is 1. The Kier molecular flexibility index (Phi) is 1.90. The second-order valence-electron chi connectivity index (χ2n) is 3.69. The van der Waals surface area contributed by atoms with Gasteiger partial charge in [-0.3, -0.25) is 0 Å². The minimum atomic E-state index is 0.584. The van der Waals surface area contributed by atoms with E-state index in [2.05, 4.69) is 11.9 Å². The van der Waals surface area contributed by atoms with Crippen molar-refractivity contribution in [2.24, 2.45) is 0 Å². The van der Waals surface area contributed by atoms with Crippen LogP contribution < -0.4 is 11.6 Å². The normalized spacial score (nSPS) is 16.4. The highest BCUT2D eigenvalue weighted by molar-refractivity contribution is 5.42. The van der Waals surface area contributed by atoms with Crippen molar-refractivity contribution in [2.45, 2.75) is 38.5 Å². The van der Waals surface area contributed by atoms with Crippen LogP contribution in [0.3, 0.4) is 0 Å². The maximum absolute atomic E-state index is 5.85. The summed E-state index contributed by atoms with van der Waals surface area (Å²) in [6.45, 7) is 2.11. The number of nitrogen functional groups attached to an aromatic ring is 2. The maximum Gasteiger partial charge on any atom is 0.146 e. The first-order valence-electron chi connectivity index (χ1n) is 4.86. The third kappa shape index (κ3) is 1.36. The number of rotatable bonds is 3. The van der Waals surface area contributed by atoms with E-state index in [1.807, 2.05) is 0 Å². The Bertz CT molecular complexity index is 312. The topological polar surface area (TPSA) is 69.9 Å². The van der Waals surface area contributed by atoms with Gasteiger partial charge in [-0.15, -0.1) is 0 Å². The molecule has 72 valence electrons. The molecule has 0 amide bonds. The predicted octanol–water partition coefficient (Wildman–Crippen LogP) is 1.01. The molecule has 0 radical (unpaired) electrons. The van der Waals surface area contributed by atoms with Gasteiger partial charge in [0.1, 0.15) is 11.6 Å². The van der Waals surface area contributed by atoms with Crippen LogP contribution in [0, 0.1) is 0 Å². The highest BCUT2D eigenvalue weighted by atomic mass is 15.4. The van der Waals surface area contributed by atoms with E-state index in [1.54, 1.807) is 0 Å². The van der Waals surface area contributed by atoms with E-state index in [1.165, 1.54) is 17.5 Å². The van der Waals surface area contributed by atoms with Crippen molar-refractivity contribution < 1.29 is 0 Å². The molecule has 2 rings (SSSR count). The Morgan fingerprint density at radius 2 is 2.23 bits per heavy atom. The van der Waals surface area contributed by atoms with Crippen molar-refractivity contribution in [3.63, 3.8) is 0 Å². The number of nitrogens with zero attached hydrogens (tertiary/aromatic N) is 2. The monoisotopic (exact) mass is 180 g/mol. The van der Waals surface area contributed by atoms with Gasteiger partial charge in [0.2, 0.25) is 0 Å². The van der Waals surface area contributed by atoms with Gasteiger partial charge in [0, 0.05) is 12.3 Å². The third-order valence-electron chi connectivity index (χ3n) is 2.49. The molecule has 0 atom stereocenters. The zero-order valence-electron chi connectivity index (χ0n) is 7.95. The quantitative estimate of drug-likeness (QED) is 0.682. The van der Waals surface area contributed by atoms with Crippen LogP contribution in [0.5, 0.6) is 0 Å². The molecule has 1 aromatic heterocycles. The highest BCUT2D eigenvalue weighted by Crippen LogP contribution is 2.41. The van der Waals surface area contributed by atoms with E-state index >= 15 is 0 Å². The molecule has 4 nitrogen and oxygen atoms in total. The van der Waals surface area contributed by atoms with Gasteiger partial charge in [-0.05, 0) is 19.3 Å². The molecule has 1 fully saturated rings. The van der Waals surface area contributed by atoms with E-state index in [9.17, 15) is 0 Å². The number of aryl methyl sites for hydroxylation is 1. The van der Waals surface area contributed by atoms with Gasteiger partial charge < -0.3 is 11.6 Å². The van der Waals surface area contributed by atoms with Gasteiger partial charge in [-0.1, -0.05) is 6.92 Å². The van der Waals surface area contributed by atoms with Crippen LogP contribution in [-0.4, -0.2) is 9.66 Å². The molecule has 0 aromatic carbocycles. The van der Waals surface area contributed by atoms with Crippen LogP contribution in [0.1, 0.15) is 43.6 Å². The Morgan fingerprint density at radius 1 is 1.54 bits per heavy atom. The third-order valence-corrected chi connectivity index (χ3v) is 2.49. The maximum atomic E-state index is 5.85. The molecule has 0 spiro atoms. The molecule has 1 aromatic rings. The van der Waals surface area contributed by atoms with Crippen LogP contribution in [0.25, 0.3) is 0 Å². The molecule has 1 aliphatic rings. The lowest BCUT2D eigenvalue weighted by atomic mass is 10.3. The smallest absolute Gasteiger partial charge is 0.146 e. The van der Waals surface area contributed by atoms with Crippen molar-refractivity contribution in [3.8, 4) is 0 Å². The van der Waals surface area contributed by atoms with Crippen LogP contribution in [0.15, 0.2) is 0 Å². The molecule has 0 unspecified atom stereocenters. The molecule has 13 heavy (non-hydrogen) atoms. The SMILES string of the molecule is CCCc1nc(C2CC2)c(N)n1N. The summed E-state index contributed by atoms with van der Waals surface area (Å²) in [6, 6.07) is 0. The van der Waals surface area contributed by atoms with Crippen molar-refractivity contribution in [1.82, 2.24) is 9.66 Å². The van der Waals surface area contributed by atoms with Crippen LogP contribution >= 0.6 is 0 Å². The number of imidazole rings is 1. The number of nitrogens with two attached hydrogens (primary N) is 2. The summed E-state index contributed by atoms with van der Waals surface area (Å²) in [4.78, 5) is 4.47. The number of aromatic nitrogens is 2. The lowest BCUT2D eigenvalue weighted by Gasteiger charge is -1.99. The van der Waals surface area contributed by atoms with Crippen molar-refractivity contribution in [3.05, 3.63) is 11.5 Å². The largest absolute Gasteiger partial charge is 0.382 e. The Morgan fingerprint density at radius 3 is 2.77 bits per heavy atom. The highest BCUT2D eigenvalue weighted by Gasteiger charge is 2.29. The molecule has 4 heteroatoms. The van der Waals surface area contributed by atoms with E-state index in [0.717, 1.165) is 24.4 Å². The second kappa shape index (κ2) is 2.94.